The van der Waals surface area contributed by atoms with Gasteiger partial charge in [0.25, 0.3) is 0 Å². The minimum absolute atomic E-state index is 0.243. The highest BCUT2D eigenvalue weighted by Crippen LogP contribution is 2.09. The van der Waals surface area contributed by atoms with E-state index in [0.29, 0.717) is 11.9 Å². The third kappa shape index (κ3) is 2.62. The first-order chi connectivity index (χ1) is 5.24. The molecule has 0 aliphatic carbocycles. The molecule has 0 aromatic heterocycles. The van der Waals surface area contributed by atoms with Gasteiger partial charge in [0.2, 0.25) is 0 Å². The van der Waals surface area contributed by atoms with Crippen LogP contribution >= 0.6 is 11.6 Å². The fraction of sp³-hybridized carbons (Fsp3) is 1.00. The molecule has 0 bridgehead atoms. The summed E-state index contributed by atoms with van der Waals surface area (Å²) in [6, 6.07) is 0.615. The first-order valence-corrected chi connectivity index (χ1v) is 4.69. The molecule has 0 saturated carbocycles. The van der Waals surface area contributed by atoms with Gasteiger partial charge >= 0.3 is 0 Å². The van der Waals surface area contributed by atoms with E-state index in [1.54, 1.807) is 0 Å². The summed E-state index contributed by atoms with van der Waals surface area (Å²) in [4.78, 5) is 2.40. The van der Waals surface area contributed by atoms with Crippen LogP contribution in [-0.2, 0) is 4.74 Å². The van der Waals surface area contributed by atoms with Crippen LogP contribution in [-0.4, -0.2) is 42.6 Å². The summed E-state index contributed by atoms with van der Waals surface area (Å²) in [5.41, 5.74) is 0. The highest BCUT2D eigenvalue weighted by Gasteiger charge is 2.20. The van der Waals surface area contributed by atoms with E-state index in [4.69, 9.17) is 16.3 Å². The van der Waals surface area contributed by atoms with Gasteiger partial charge in [-0.25, -0.2) is 0 Å². The predicted molar refractivity (Wildman–Crippen MR) is 47.2 cm³/mol. The molecule has 1 atom stereocenters. The number of hydrogen-bond donors (Lipinski definition) is 0. The lowest BCUT2D eigenvalue weighted by atomic mass is 10.2. The van der Waals surface area contributed by atoms with Gasteiger partial charge in [0.15, 0.2) is 0 Å². The molecule has 0 radical (unpaired) electrons. The smallest absolute Gasteiger partial charge is 0.0837 e. The van der Waals surface area contributed by atoms with Crippen LogP contribution < -0.4 is 0 Å². The van der Waals surface area contributed by atoms with Gasteiger partial charge in [0.05, 0.1) is 12.7 Å². The normalized spacial score (nSPS) is 27.8. The Bertz CT molecular complexity index is 119. The van der Waals surface area contributed by atoms with Crippen molar-refractivity contribution in [2.24, 2.45) is 0 Å². The Morgan fingerprint density at radius 3 is 2.91 bits per heavy atom. The molecule has 0 aromatic carbocycles. The number of morpholine rings is 1. The summed E-state index contributed by atoms with van der Waals surface area (Å²) >= 11 is 5.70. The van der Waals surface area contributed by atoms with E-state index >= 15 is 0 Å². The first-order valence-electron chi connectivity index (χ1n) is 4.15. The van der Waals surface area contributed by atoms with Crippen LogP contribution in [0.1, 0.15) is 13.8 Å². The SMILES string of the molecule is CC(C)N1CCO[C@@H](CCl)C1. The fourth-order valence-electron chi connectivity index (χ4n) is 1.30. The van der Waals surface area contributed by atoms with Gasteiger partial charge in [0.1, 0.15) is 0 Å². The van der Waals surface area contributed by atoms with Crippen LogP contribution in [0.4, 0.5) is 0 Å². The molecule has 0 unspecified atom stereocenters. The maximum absolute atomic E-state index is 5.70. The number of ether oxygens (including phenoxy) is 1. The molecule has 1 fully saturated rings. The van der Waals surface area contributed by atoms with E-state index in [1.165, 1.54) is 0 Å². The summed E-state index contributed by atoms with van der Waals surface area (Å²) in [5, 5.41) is 0. The lowest BCUT2D eigenvalue weighted by Crippen LogP contribution is -2.46. The molecule has 1 saturated heterocycles. The van der Waals surface area contributed by atoms with Crippen molar-refractivity contribution >= 4 is 11.6 Å². The van der Waals surface area contributed by atoms with Crippen molar-refractivity contribution < 1.29 is 4.74 Å². The Kier molecular flexibility index (Phi) is 3.63. The van der Waals surface area contributed by atoms with Gasteiger partial charge in [0, 0.05) is 25.0 Å². The third-order valence-corrected chi connectivity index (χ3v) is 2.42. The topological polar surface area (TPSA) is 12.5 Å². The Hall–Kier alpha value is 0.210. The standard InChI is InChI=1S/C8H16ClNO/c1-7(2)10-3-4-11-8(5-9)6-10/h7-8H,3-6H2,1-2H3/t8-/m0/s1. The maximum atomic E-state index is 5.70. The molecular formula is C8H16ClNO. The molecular weight excluding hydrogens is 162 g/mol. The van der Waals surface area contributed by atoms with E-state index in [-0.39, 0.29) is 6.10 Å². The first kappa shape index (κ1) is 9.30. The second-order valence-corrected chi connectivity index (χ2v) is 3.54. The lowest BCUT2D eigenvalue weighted by molar-refractivity contribution is -0.0271. The van der Waals surface area contributed by atoms with Gasteiger partial charge in [-0.2, -0.15) is 0 Å². The van der Waals surface area contributed by atoms with E-state index in [0.717, 1.165) is 19.7 Å². The molecule has 1 rings (SSSR count). The van der Waals surface area contributed by atoms with Crippen LogP contribution in [0.25, 0.3) is 0 Å². The van der Waals surface area contributed by atoms with Crippen molar-refractivity contribution in [1.29, 1.82) is 0 Å². The average Bonchev–Trinajstić information content (AvgIpc) is 2.05. The summed E-state index contributed by atoms with van der Waals surface area (Å²) in [6.45, 7) is 7.27. The van der Waals surface area contributed by atoms with Gasteiger partial charge < -0.3 is 4.74 Å². The molecule has 0 spiro atoms. The predicted octanol–water partition coefficient (Wildman–Crippen LogP) is 1.33. The molecule has 11 heavy (non-hydrogen) atoms. The van der Waals surface area contributed by atoms with Crippen LogP contribution in [0.2, 0.25) is 0 Å². The van der Waals surface area contributed by atoms with Crippen molar-refractivity contribution in [2.75, 3.05) is 25.6 Å². The molecule has 66 valence electrons. The lowest BCUT2D eigenvalue weighted by Gasteiger charge is -2.34. The molecule has 0 aromatic rings. The van der Waals surface area contributed by atoms with Crippen LogP contribution in [0.3, 0.4) is 0 Å². The van der Waals surface area contributed by atoms with E-state index in [9.17, 15) is 0 Å². The fourth-order valence-corrected chi connectivity index (χ4v) is 1.49. The molecule has 0 N–H and O–H groups in total. The Balaban J connectivity index is 2.33. The molecule has 1 heterocycles. The highest BCUT2D eigenvalue weighted by molar-refractivity contribution is 6.18. The number of hydrogen-bond acceptors (Lipinski definition) is 2. The van der Waals surface area contributed by atoms with Crippen LogP contribution in [0.5, 0.6) is 0 Å². The monoisotopic (exact) mass is 177 g/mol. The zero-order chi connectivity index (χ0) is 8.27. The zero-order valence-corrected chi connectivity index (χ0v) is 7.97. The van der Waals surface area contributed by atoms with Gasteiger partial charge in [-0.15, -0.1) is 11.6 Å². The number of alkyl halides is 1. The van der Waals surface area contributed by atoms with E-state index in [1.807, 2.05) is 0 Å². The second-order valence-electron chi connectivity index (χ2n) is 3.24. The molecule has 3 heteroatoms. The van der Waals surface area contributed by atoms with Crippen LogP contribution in [0, 0.1) is 0 Å². The quantitative estimate of drug-likeness (QED) is 0.591. The second kappa shape index (κ2) is 4.29. The van der Waals surface area contributed by atoms with Crippen molar-refractivity contribution in [3.63, 3.8) is 0 Å². The van der Waals surface area contributed by atoms with E-state index < -0.39 is 0 Å². The summed E-state index contributed by atoms with van der Waals surface area (Å²) in [6.07, 6.45) is 0.243. The number of halogens is 1. The van der Waals surface area contributed by atoms with Crippen molar-refractivity contribution in [3.05, 3.63) is 0 Å². The minimum atomic E-state index is 0.243. The largest absolute Gasteiger partial charge is 0.374 e. The molecule has 1 aliphatic heterocycles. The Labute approximate surface area is 73.5 Å². The highest BCUT2D eigenvalue weighted by atomic mass is 35.5. The van der Waals surface area contributed by atoms with Gasteiger partial charge in [-0.1, -0.05) is 0 Å². The summed E-state index contributed by atoms with van der Waals surface area (Å²) < 4.78 is 5.43. The Morgan fingerprint density at radius 1 is 1.64 bits per heavy atom. The van der Waals surface area contributed by atoms with Gasteiger partial charge in [-0.3, -0.25) is 4.90 Å². The number of rotatable bonds is 2. The molecule has 2 nitrogen and oxygen atoms in total. The van der Waals surface area contributed by atoms with E-state index in [2.05, 4.69) is 18.7 Å². The third-order valence-electron chi connectivity index (χ3n) is 2.07. The van der Waals surface area contributed by atoms with Crippen molar-refractivity contribution in [2.45, 2.75) is 26.0 Å². The van der Waals surface area contributed by atoms with Crippen molar-refractivity contribution in [3.8, 4) is 0 Å². The Morgan fingerprint density at radius 2 is 2.36 bits per heavy atom. The maximum Gasteiger partial charge on any atom is 0.0837 e. The number of nitrogens with zero attached hydrogens (tertiary/aromatic N) is 1. The summed E-state index contributed by atoms with van der Waals surface area (Å²) in [5.74, 6) is 0.614. The summed E-state index contributed by atoms with van der Waals surface area (Å²) in [7, 11) is 0. The van der Waals surface area contributed by atoms with Crippen molar-refractivity contribution in [1.82, 2.24) is 4.90 Å². The minimum Gasteiger partial charge on any atom is -0.374 e. The average molecular weight is 178 g/mol. The molecule has 0 amide bonds. The molecule has 1 aliphatic rings. The zero-order valence-electron chi connectivity index (χ0n) is 7.22. The van der Waals surface area contributed by atoms with Crippen LogP contribution in [0.15, 0.2) is 0 Å². The van der Waals surface area contributed by atoms with Gasteiger partial charge in [-0.05, 0) is 13.8 Å².